The molecule has 114 valence electrons. The summed E-state index contributed by atoms with van der Waals surface area (Å²) in [6, 6.07) is 7.57. The third kappa shape index (κ3) is 4.74. The summed E-state index contributed by atoms with van der Waals surface area (Å²) < 4.78 is 10.7. The molecular weight excluding hydrogens is 268 g/mol. The second kappa shape index (κ2) is 7.62. The molecule has 0 aliphatic heterocycles. The molecule has 1 rings (SSSR count). The first-order valence-corrected chi connectivity index (χ1v) is 6.92. The van der Waals surface area contributed by atoms with Crippen LogP contribution in [0.1, 0.15) is 44.9 Å². The van der Waals surface area contributed by atoms with E-state index >= 15 is 0 Å². The lowest BCUT2D eigenvalue weighted by Gasteiger charge is -2.29. The van der Waals surface area contributed by atoms with Crippen molar-refractivity contribution in [1.82, 2.24) is 0 Å². The standard InChI is InChI=1S/C17H22O4/c1-6-15-9-7-8-10-16(15)17(21-14(5)19)11(2)12(3)20-13(4)18/h6-12,17H,1H2,2-5H3. The van der Waals surface area contributed by atoms with Crippen LogP contribution in [0.15, 0.2) is 30.8 Å². The zero-order valence-corrected chi connectivity index (χ0v) is 13.0. The van der Waals surface area contributed by atoms with Gasteiger partial charge in [-0.1, -0.05) is 43.8 Å². The van der Waals surface area contributed by atoms with Crippen LogP contribution in [-0.2, 0) is 19.1 Å². The van der Waals surface area contributed by atoms with Crippen LogP contribution in [0.2, 0.25) is 0 Å². The molecule has 0 spiro atoms. The summed E-state index contributed by atoms with van der Waals surface area (Å²) in [4.78, 5) is 22.5. The minimum absolute atomic E-state index is 0.182. The highest BCUT2D eigenvalue weighted by atomic mass is 16.6. The number of hydrogen-bond acceptors (Lipinski definition) is 4. The zero-order chi connectivity index (χ0) is 16.0. The number of esters is 2. The molecule has 0 fully saturated rings. The topological polar surface area (TPSA) is 52.6 Å². The van der Waals surface area contributed by atoms with Gasteiger partial charge in [0.2, 0.25) is 0 Å². The van der Waals surface area contributed by atoms with E-state index in [0.29, 0.717) is 0 Å². The molecule has 0 N–H and O–H groups in total. The molecule has 0 aliphatic rings. The van der Waals surface area contributed by atoms with Gasteiger partial charge in [-0.15, -0.1) is 0 Å². The van der Waals surface area contributed by atoms with Gasteiger partial charge in [0.25, 0.3) is 0 Å². The predicted molar refractivity (Wildman–Crippen MR) is 81.4 cm³/mol. The zero-order valence-electron chi connectivity index (χ0n) is 13.0. The van der Waals surface area contributed by atoms with Gasteiger partial charge in [-0.05, 0) is 12.5 Å². The van der Waals surface area contributed by atoms with Crippen LogP contribution in [0.4, 0.5) is 0 Å². The van der Waals surface area contributed by atoms with E-state index in [1.807, 2.05) is 31.2 Å². The van der Waals surface area contributed by atoms with Gasteiger partial charge in [0.1, 0.15) is 12.2 Å². The molecule has 1 aromatic rings. The first-order valence-electron chi connectivity index (χ1n) is 6.92. The third-order valence-electron chi connectivity index (χ3n) is 3.39. The molecule has 0 heterocycles. The Labute approximate surface area is 125 Å². The van der Waals surface area contributed by atoms with Crippen molar-refractivity contribution in [2.24, 2.45) is 5.92 Å². The van der Waals surface area contributed by atoms with Crippen molar-refractivity contribution >= 4 is 18.0 Å². The second-order valence-electron chi connectivity index (χ2n) is 5.04. The molecule has 3 unspecified atom stereocenters. The van der Waals surface area contributed by atoms with E-state index in [-0.39, 0.29) is 24.0 Å². The highest BCUT2D eigenvalue weighted by molar-refractivity contribution is 5.67. The fourth-order valence-corrected chi connectivity index (χ4v) is 2.20. The fraction of sp³-hybridized carbons (Fsp3) is 0.412. The van der Waals surface area contributed by atoms with Crippen LogP contribution >= 0.6 is 0 Å². The van der Waals surface area contributed by atoms with Crippen molar-refractivity contribution in [3.63, 3.8) is 0 Å². The smallest absolute Gasteiger partial charge is 0.303 e. The van der Waals surface area contributed by atoms with Crippen LogP contribution < -0.4 is 0 Å². The molecule has 4 nitrogen and oxygen atoms in total. The average molecular weight is 290 g/mol. The molecule has 1 aromatic carbocycles. The maximum atomic E-state index is 11.4. The predicted octanol–water partition coefficient (Wildman–Crippen LogP) is 3.52. The van der Waals surface area contributed by atoms with Crippen molar-refractivity contribution in [2.75, 3.05) is 0 Å². The van der Waals surface area contributed by atoms with Gasteiger partial charge >= 0.3 is 11.9 Å². The highest BCUT2D eigenvalue weighted by Crippen LogP contribution is 2.32. The minimum Gasteiger partial charge on any atom is -0.462 e. The maximum Gasteiger partial charge on any atom is 0.303 e. The number of ether oxygens (including phenoxy) is 2. The number of carbonyl (C=O) groups excluding carboxylic acids is 2. The summed E-state index contributed by atoms with van der Waals surface area (Å²) in [6.07, 6.45) is 0.852. The molecule has 0 amide bonds. The number of benzene rings is 1. The molecule has 0 saturated carbocycles. The molecule has 0 saturated heterocycles. The summed E-state index contributed by atoms with van der Waals surface area (Å²) >= 11 is 0. The Morgan fingerprint density at radius 1 is 1.10 bits per heavy atom. The maximum absolute atomic E-state index is 11.4. The Hall–Kier alpha value is -2.10. The first kappa shape index (κ1) is 17.0. The van der Waals surface area contributed by atoms with Gasteiger partial charge in [0, 0.05) is 25.3 Å². The molecular formula is C17H22O4. The van der Waals surface area contributed by atoms with Crippen molar-refractivity contribution in [1.29, 1.82) is 0 Å². The first-order chi connectivity index (χ1) is 9.86. The van der Waals surface area contributed by atoms with Gasteiger partial charge in [0.15, 0.2) is 0 Å². The van der Waals surface area contributed by atoms with E-state index in [2.05, 4.69) is 6.58 Å². The number of rotatable bonds is 6. The van der Waals surface area contributed by atoms with Gasteiger partial charge in [0.05, 0.1) is 0 Å². The summed E-state index contributed by atoms with van der Waals surface area (Å²) in [5, 5.41) is 0. The fourth-order valence-electron chi connectivity index (χ4n) is 2.20. The van der Waals surface area contributed by atoms with Crippen molar-refractivity contribution < 1.29 is 19.1 Å². The van der Waals surface area contributed by atoms with Crippen LogP contribution in [0.5, 0.6) is 0 Å². The average Bonchev–Trinajstić information content (AvgIpc) is 2.43. The largest absolute Gasteiger partial charge is 0.462 e. The molecule has 21 heavy (non-hydrogen) atoms. The normalized spacial score (nSPS) is 14.7. The van der Waals surface area contributed by atoms with Crippen molar-refractivity contribution in [3.05, 3.63) is 42.0 Å². The third-order valence-corrected chi connectivity index (χ3v) is 3.39. The van der Waals surface area contributed by atoms with Crippen molar-refractivity contribution in [3.8, 4) is 0 Å². The Morgan fingerprint density at radius 2 is 1.67 bits per heavy atom. The van der Waals surface area contributed by atoms with Gasteiger partial charge < -0.3 is 9.47 Å². The van der Waals surface area contributed by atoms with E-state index in [4.69, 9.17) is 9.47 Å². The molecule has 0 radical (unpaired) electrons. The van der Waals surface area contributed by atoms with Crippen LogP contribution in [0.25, 0.3) is 6.08 Å². The molecule has 0 bridgehead atoms. The lowest BCUT2D eigenvalue weighted by Crippen LogP contribution is -2.29. The lowest BCUT2D eigenvalue weighted by molar-refractivity contribution is -0.157. The highest BCUT2D eigenvalue weighted by Gasteiger charge is 2.29. The monoisotopic (exact) mass is 290 g/mol. The van der Waals surface area contributed by atoms with Crippen LogP contribution in [-0.4, -0.2) is 18.0 Å². The number of carbonyl (C=O) groups is 2. The Balaban J connectivity index is 3.12. The quantitative estimate of drug-likeness (QED) is 0.752. The van der Waals surface area contributed by atoms with Crippen LogP contribution in [0.3, 0.4) is 0 Å². The Kier molecular flexibility index (Phi) is 6.15. The summed E-state index contributed by atoms with van der Waals surface area (Å²) in [5.74, 6) is -0.910. The van der Waals surface area contributed by atoms with E-state index in [9.17, 15) is 9.59 Å². The number of hydrogen-bond donors (Lipinski definition) is 0. The van der Waals surface area contributed by atoms with Crippen molar-refractivity contribution in [2.45, 2.75) is 39.9 Å². The van der Waals surface area contributed by atoms with Gasteiger partial charge in [-0.2, -0.15) is 0 Å². The Bertz CT molecular complexity index is 521. The van der Waals surface area contributed by atoms with Crippen LogP contribution in [0, 0.1) is 5.92 Å². The molecule has 0 aromatic heterocycles. The van der Waals surface area contributed by atoms with E-state index in [1.165, 1.54) is 13.8 Å². The molecule has 3 atom stereocenters. The van der Waals surface area contributed by atoms with E-state index < -0.39 is 6.10 Å². The van der Waals surface area contributed by atoms with Gasteiger partial charge in [-0.3, -0.25) is 9.59 Å². The summed E-state index contributed by atoms with van der Waals surface area (Å²) in [7, 11) is 0. The summed E-state index contributed by atoms with van der Waals surface area (Å²) in [5.41, 5.74) is 1.75. The summed E-state index contributed by atoms with van der Waals surface area (Å²) in [6.45, 7) is 10.2. The lowest BCUT2D eigenvalue weighted by atomic mass is 9.90. The molecule has 4 heteroatoms. The SMILES string of the molecule is C=Cc1ccccc1C(OC(C)=O)C(C)C(C)OC(C)=O. The molecule has 0 aliphatic carbocycles. The van der Waals surface area contributed by atoms with Gasteiger partial charge in [-0.25, -0.2) is 0 Å². The minimum atomic E-state index is -0.494. The van der Waals surface area contributed by atoms with E-state index in [0.717, 1.165) is 11.1 Å². The Morgan fingerprint density at radius 3 is 2.19 bits per heavy atom. The van der Waals surface area contributed by atoms with E-state index in [1.54, 1.807) is 13.0 Å². The second-order valence-corrected chi connectivity index (χ2v) is 5.04.